The molecule has 3 amide bonds. The zero-order valence-electron chi connectivity index (χ0n) is 24.6. The summed E-state index contributed by atoms with van der Waals surface area (Å²) in [6.45, 7) is 1.43. The summed E-state index contributed by atoms with van der Waals surface area (Å²) >= 11 is 0. The highest BCUT2D eigenvalue weighted by Gasteiger charge is 2.41. The van der Waals surface area contributed by atoms with Gasteiger partial charge in [-0.3, -0.25) is 9.59 Å². The zero-order chi connectivity index (χ0) is 33.3. The molecule has 0 aromatic heterocycles. The number of benzene rings is 2. The second-order valence-electron chi connectivity index (χ2n) is 11.9. The minimum absolute atomic E-state index is 0.0283. The van der Waals surface area contributed by atoms with Crippen molar-refractivity contribution in [2.75, 3.05) is 20.1 Å². The molecule has 2 atom stereocenters. The van der Waals surface area contributed by atoms with Gasteiger partial charge in [-0.25, -0.2) is 9.18 Å². The van der Waals surface area contributed by atoms with Gasteiger partial charge in [0, 0.05) is 50.5 Å². The average Bonchev–Trinajstić information content (AvgIpc) is 2.95. The second-order valence-corrected chi connectivity index (χ2v) is 11.9. The van der Waals surface area contributed by atoms with Crippen LogP contribution >= 0.6 is 0 Å². The molecule has 2 aromatic rings. The number of carboxylic acid groups (broad SMARTS) is 1. The van der Waals surface area contributed by atoms with Gasteiger partial charge in [-0.2, -0.15) is 26.3 Å². The molecule has 1 aliphatic heterocycles. The van der Waals surface area contributed by atoms with E-state index in [1.54, 1.807) is 11.8 Å². The average molecular weight is 646 g/mol. The molecule has 45 heavy (non-hydrogen) atoms. The number of hydrogen-bond donors (Lipinski definition) is 2. The van der Waals surface area contributed by atoms with Crippen molar-refractivity contribution >= 4 is 17.9 Å². The van der Waals surface area contributed by atoms with Crippen LogP contribution in [-0.4, -0.2) is 59.0 Å². The molecule has 14 heteroatoms. The van der Waals surface area contributed by atoms with Gasteiger partial charge in [0.15, 0.2) is 0 Å². The van der Waals surface area contributed by atoms with Gasteiger partial charge in [0.1, 0.15) is 5.82 Å². The summed E-state index contributed by atoms with van der Waals surface area (Å²) in [5.41, 5.74) is -2.17. The Morgan fingerprint density at radius 1 is 0.933 bits per heavy atom. The highest BCUT2D eigenvalue weighted by Crippen LogP contribution is 2.39. The standard InChI is InChI=1S/C31H34F7N3O4/c1-17-11-22(32)5-8-24(17)26-16-41(27(42)19-3-6-23(7-4-19)39-29(44)45)10-9-25(26)28(43)40(2)15-18-12-20(30(33,34)35)14-21(13-18)31(36,37)38/h5,8,11-14,19,23,25-26,39H,3-4,6-7,9-10,15-16H2,1-2H3,(H,44,45)/t19-,23-,25?,26?. The molecule has 2 unspecified atom stereocenters. The molecular formula is C31H34F7N3O4. The molecule has 4 rings (SSSR count). The topological polar surface area (TPSA) is 90.0 Å². The number of carbonyl (C=O) groups excluding carboxylic acids is 2. The van der Waals surface area contributed by atoms with Crippen LogP contribution < -0.4 is 5.32 Å². The molecule has 2 aromatic carbocycles. The lowest BCUT2D eigenvalue weighted by Crippen LogP contribution is -2.50. The first-order valence-electron chi connectivity index (χ1n) is 14.5. The number of nitrogens with one attached hydrogen (secondary N) is 1. The maximum absolute atomic E-state index is 14.0. The molecular weight excluding hydrogens is 611 g/mol. The van der Waals surface area contributed by atoms with E-state index in [2.05, 4.69) is 5.32 Å². The van der Waals surface area contributed by atoms with Crippen LogP contribution in [0.3, 0.4) is 0 Å². The van der Waals surface area contributed by atoms with E-state index in [1.807, 2.05) is 0 Å². The summed E-state index contributed by atoms with van der Waals surface area (Å²) in [4.78, 5) is 41.0. The molecule has 0 bridgehead atoms. The Kier molecular flexibility index (Phi) is 10.0. The molecule has 2 fully saturated rings. The predicted molar refractivity (Wildman–Crippen MR) is 148 cm³/mol. The van der Waals surface area contributed by atoms with E-state index < -0.39 is 59.7 Å². The molecule has 0 spiro atoms. The minimum Gasteiger partial charge on any atom is -0.465 e. The first-order valence-corrected chi connectivity index (χ1v) is 14.5. The van der Waals surface area contributed by atoms with Crippen molar-refractivity contribution in [2.24, 2.45) is 11.8 Å². The fraction of sp³-hybridized carbons (Fsp3) is 0.516. The third-order valence-electron chi connectivity index (χ3n) is 8.72. The smallest absolute Gasteiger partial charge is 0.416 e. The highest BCUT2D eigenvalue weighted by atomic mass is 19.4. The molecule has 1 saturated heterocycles. The Hall–Kier alpha value is -3.84. The number of alkyl halides is 6. The van der Waals surface area contributed by atoms with Crippen LogP contribution in [0.5, 0.6) is 0 Å². The van der Waals surface area contributed by atoms with E-state index in [0.717, 1.165) is 4.90 Å². The first-order chi connectivity index (χ1) is 20.9. The molecule has 2 N–H and O–H groups in total. The molecule has 1 heterocycles. The molecule has 1 saturated carbocycles. The molecule has 1 aliphatic carbocycles. The van der Waals surface area contributed by atoms with Crippen molar-refractivity contribution in [1.29, 1.82) is 0 Å². The molecule has 0 radical (unpaired) electrons. The molecule has 7 nitrogen and oxygen atoms in total. The maximum atomic E-state index is 14.0. The van der Waals surface area contributed by atoms with Crippen molar-refractivity contribution in [2.45, 2.75) is 69.9 Å². The molecule has 246 valence electrons. The van der Waals surface area contributed by atoms with Crippen LogP contribution in [0.25, 0.3) is 0 Å². The zero-order valence-corrected chi connectivity index (χ0v) is 24.6. The van der Waals surface area contributed by atoms with Gasteiger partial charge in [0.25, 0.3) is 0 Å². The summed E-state index contributed by atoms with van der Waals surface area (Å²) in [5.74, 6) is -2.91. The monoisotopic (exact) mass is 645 g/mol. The number of rotatable bonds is 6. The lowest BCUT2D eigenvalue weighted by molar-refractivity contribution is -0.144. The van der Waals surface area contributed by atoms with Gasteiger partial charge in [-0.05, 0) is 86.1 Å². The Morgan fingerprint density at radius 2 is 1.53 bits per heavy atom. The minimum atomic E-state index is -5.03. The number of halogens is 7. The van der Waals surface area contributed by atoms with Gasteiger partial charge in [-0.1, -0.05) is 6.07 Å². The normalized spacial score (nSPS) is 22.6. The van der Waals surface area contributed by atoms with Gasteiger partial charge >= 0.3 is 18.4 Å². The summed E-state index contributed by atoms with van der Waals surface area (Å²) in [6.07, 6.45) is -9.09. The van der Waals surface area contributed by atoms with E-state index in [0.29, 0.717) is 48.9 Å². The number of amides is 3. The quantitative estimate of drug-likeness (QED) is 0.347. The van der Waals surface area contributed by atoms with Crippen molar-refractivity contribution in [1.82, 2.24) is 15.1 Å². The number of likely N-dealkylation sites (tertiary alicyclic amines) is 1. The number of hydrogen-bond acceptors (Lipinski definition) is 3. The SMILES string of the molecule is Cc1cc(F)ccc1C1CN(C(=O)[C@H]2CC[C@H](NC(=O)O)CC2)CCC1C(=O)N(C)Cc1cc(C(F)(F)F)cc(C(F)(F)F)c1. The van der Waals surface area contributed by atoms with Crippen LogP contribution in [0.4, 0.5) is 35.5 Å². The third-order valence-corrected chi connectivity index (χ3v) is 8.72. The largest absolute Gasteiger partial charge is 0.465 e. The van der Waals surface area contributed by atoms with Crippen molar-refractivity contribution in [3.8, 4) is 0 Å². The third kappa shape index (κ3) is 8.26. The van der Waals surface area contributed by atoms with Crippen LogP contribution in [0, 0.1) is 24.6 Å². The summed E-state index contributed by atoms with van der Waals surface area (Å²) in [5, 5.41) is 11.4. The predicted octanol–water partition coefficient (Wildman–Crippen LogP) is 6.59. The Balaban J connectivity index is 1.56. The van der Waals surface area contributed by atoms with E-state index in [-0.39, 0.29) is 49.0 Å². The fourth-order valence-electron chi connectivity index (χ4n) is 6.48. The molecule has 2 aliphatic rings. The van der Waals surface area contributed by atoms with Crippen LogP contribution in [0.15, 0.2) is 36.4 Å². The lowest BCUT2D eigenvalue weighted by Gasteiger charge is -2.42. The summed E-state index contributed by atoms with van der Waals surface area (Å²) in [7, 11) is 1.30. The Bertz CT molecular complexity index is 1390. The highest BCUT2D eigenvalue weighted by molar-refractivity contribution is 5.82. The second kappa shape index (κ2) is 13.3. The van der Waals surface area contributed by atoms with Gasteiger partial charge in [-0.15, -0.1) is 0 Å². The van der Waals surface area contributed by atoms with Gasteiger partial charge in [0.2, 0.25) is 11.8 Å². The number of aryl methyl sites for hydroxylation is 1. The Labute approximate surface area is 255 Å². The maximum Gasteiger partial charge on any atom is 0.416 e. The van der Waals surface area contributed by atoms with Gasteiger partial charge in [0.05, 0.1) is 11.1 Å². The van der Waals surface area contributed by atoms with Crippen LogP contribution in [0.1, 0.15) is 65.8 Å². The van der Waals surface area contributed by atoms with Crippen molar-refractivity contribution in [3.05, 3.63) is 70.0 Å². The number of piperidine rings is 1. The van der Waals surface area contributed by atoms with Crippen molar-refractivity contribution in [3.63, 3.8) is 0 Å². The first kappa shape index (κ1) is 34.0. The van der Waals surface area contributed by atoms with Crippen LogP contribution in [0.2, 0.25) is 0 Å². The van der Waals surface area contributed by atoms with Crippen molar-refractivity contribution < 1.29 is 50.2 Å². The summed E-state index contributed by atoms with van der Waals surface area (Å²) in [6, 6.07) is 5.00. The number of nitrogens with zero attached hydrogens (tertiary/aromatic N) is 2. The van der Waals surface area contributed by atoms with Crippen LogP contribution in [-0.2, 0) is 28.5 Å². The number of carbonyl (C=O) groups is 3. The Morgan fingerprint density at radius 3 is 2.07 bits per heavy atom. The lowest BCUT2D eigenvalue weighted by atomic mass is 9.77. The summed E-state index contributed by atoms with van der Waals surface area (Å²) < 4.78 is 94.4. The van der Waals surface area contributed by atoms with Gasteiger partial charge < -0.3 is 20.2 Å². The van der Waals surface area contributed by atoms with E-state index >= 15 is 0 Å². The fourth-order valence-corrected chi connectivity index (χ4v) is 6.48. The van der Waals surface area contributed by atoms with E-state index in [1.165, 1.54) is 25.2 Å². The van der Waals surface area contributed by atoms with E-state index in [4.69, 9.17) is 5.11 Å². The van der Waals surface area contributed by atoms with E-state index in [9.17, 15) is 45.1 Å².